The molecule has 1 aromatic carbocycles. The Labute approximate surface area is 115 Å². The Morgan fingerprint density at radius 2 is 2.25 bits per heavy atom. The average molecular weight is 278 g/mol. The van der Waals surface area contributed by atoms with Crippen LogP contribution >= 0.6 is 0 Å². The van der Waals surface area contributed by atoms with Gasteiger partial charge in [-0.1, -0.05) is 0 Å². The van der Waals surface area contributed by atoms with Crippen molar-refractivity contribution in [1.29, 1.82) is 0 Å². The predicted octanol–water partition coefficient (Wildman–Crippen LogP) is 1.94. The molecule has 0 fully saturated rings. The maximum Gasteiger partial charge on any atom is 0.341 e. The van der Waals surface area contributed by atoms with Crippen molar-refractivity contribution in [3.8, 4) is 0 Å². The minimum Gasteiger partial charge on any atom is -0.454 e. The number of benzene rings is 1. The molecule has 0 radical (unpaired) electrons. The highest BCUT2D eigenvalue weighted by molar-refractivity contribution is 5.90. The number of carbonyl (C=O) groups excluding carboxylic acids is 1. The SMILES string of the molecule is CC(C)n1ncnc1COC(=O)c1ccc(N)cc1F. The van der Waals surface area contributed by atoms with Gasteiger partial charge in [0, 0.05) is 11.7 Å². The first-order chi connectivity index (χ1) is 9.49. The molecule has 0 unspecified atom stereocenters. The van der Waals surface area contributed by atoms with Crippen LogP contribution in [-0.2, 0) is 11.3 Å². The van der Waals surface area contributed by atoms with Gasteiger partial charge in [-0.05, 0) is 32.0 Å². The van der Waals surface area contributed by atoms with E-state index < -0.39 is 11.8 Å². The van der Waals surface area contributed by atoms with E-state index in [1.54, 1.807) is 4.68 Å². The number of carbonyl (C=O) groups is 1. The molecule has 2 N–H and O–H groups in total. The zero-order chi connectivity index (χ0) is 14.7. The first-order valence-corrected chi connectivity index (χ1v) is 6.09. The van der Waals surface area contributed by atoms with Crippen molar-refractivity contribution in [1.82, 2.24) is 14.8 Å². The van der Waals surface area contributed by atoms with Crippen molar-refractivity contribution in [2.75, 3.05) is 5.73 Å². The molecule has 7 heteroatoms. The van der Waals surface area contributed by atoms with Gasteiger partial charge in [-0.3, -0.25) is 0 Å². The third-order valence-corrected chi connectivity index (χ3v) is 2.68. The molecule has 0 saturated carbocycles. The van der Waals surface area contributed by atoms with Crippen LogP contribution in [0.2, 0.25) is 0 Å². The Balaban J connectivity index is 2.07. The molecule has 0 amide bonds. The molecule has 20 heavy (non-hydrogen) atoms. The van der Waals surface area contributed by atoms with Crippen LogP contribution in [0.1, 0.15) is 36.1 Å². The van der Waals surface area contributed by atoms with Crippen LogP contribution in [0.3, 0.4) is 0 Å². The second-order valence-electron chi connectivity index (χ2n) is 4.53. The normalized spacial score (nSPS) is 10.8. The summed E-state index contributed by atoms with van der Waals surface area (Å²) in [6, 6.07) is 3.91. The first kappa shape index (κ1) is 14.0. The molecule has 2 aromatic rings. The summed E-state index contributed by atoms with van der Waals surface area (Å²) in [4.78, 5) is 15.8. The summed E-state index contributed by atoms with van der Waals surface area (Å²) in [6.45, 7) is 3.79. The van der Waals surface area contributed by atoms with E-state index in [9.17, 15) is 9.18 Å². The third-order valence-electron chi connectivity index (χ3n) is 2.68. The average Bonchev–Trinajstić information content (AvgIpc) is 2.84. The van der Waals surface area contributed by atoms with Gasteiger partial charge in [-0.15, -0.1) is 0 Å². The van der Waals surface area contributed by atoms with Crippen LogP contribution in [0.4, 0.5) is 10.1 Å². The van der Waals surface area contributed by atoms with E-state index in [1.165, 1.54) is 18.5 Å². The van der Waals surface area contributed by atoms with Gasteiger partial charge in [0.1, 0.15) is 12.1 Å². The maximum absolute atomic E-state index is 13.6. The molecule has 0 saturated heterocycles. The second-order valence-corrected chi connectivity index (χ2v) is 4.53. The van der Waals surface area contributed by atoms with Crippen molar-refractivity contribution < 1.29 is 13.9 Å². The van der Waals surface area contributed by atoms with Gasteiger partial charge >= 0.3 is 5.97 Å². The Morgan fingerprint density at radius 3 is 2.90 bits per heavy atom. The fourth-order valence-corrected chi connectivity index (χ4v) is 1.71. The fraction of sp³-hybridized carbons (Fsp3) is 0.308. The molecule has 2 rings (SSSR count). The molecule has 0 aliphatic heterocycles. The Hall–Kier alpha value is -2.44. The summed E-state index contributed by atoms with van der Waals surface area (Å²) >= 11 is 0. The minimum atomic E-state index is -0.763. The summed E-state index contributed by atoms with van der Waals surface area (Å²) in [7, 11) is 0. The van der Waals surface area contributed by atoms with Crippen LogP contribution in [-0.4, -0.2) is 20.7 Å². The quantitative estimate of drug-likeness (QED) is 0.682. The number of aromatic nitrogens is 3. The summed E-state index contributed by atoms with van der Waals surface area (Å²) < 4.78 is 20.2. The zero-order valence-electron chi connectivity index (χ0n) is 11.2. The number of nitrogen functional groups attached to an aromatic ring is 1. The topological polar surface area (TPSA) is 83.0 Å². The fourth-order valence-electron chi connectivity index (χ4n) is 1.71. The Bertz CT molecular complexity index is 625. The lowest BCUT2D eigenvalue weighted by Gasteiger charge is -2.10. The molecule has 6 nitrogen and oxygen atoms in total. The van der Waals surface area contributed by atoms with E-state index >= 15 is 0 Å². The van der Waals surface area contributed by atoms with Gasteiger partial charge in [-0.25, -0.2) is 18.9 Å². The Kier molecular flexibility index (Phi) is 3.97. The number of esters is 1. The number of anilines is 1. The third kappa shape index (κ3) is 2.93. The van der Waals surface area contributed by atoms with E-state index in [0.29, 0.717) is 5.82 Å². The lowest BCUT2D eigenvalue weighted by atomic mass is 10.2. The van der Waals surface area contributed by atoms with E-state index in [1.807, 2.05) is 13.8 Å². The number of nitrogens with zero attached hydrogens (tertiary/aromatic N) is 3. The largest absolute Gasteiger partial charge is 0.454 e. The highest BCUT2D eigenvalue weighted by atomic mass is 19.1. The number of ether oxygens (including phenoxy) is 1. The van der Waals surface area contributed by atoms with E-state index in [0.717, 1.165) is 6.07 Å². The monoisotopic (exact) mass is 278 g/mol. The van der Waals surface area contributed by atoms with Gasteiger partial charge in [0.25, 0.3) is 0 Å². The molecular weight excluding hydrogens is 263 g/mol. The summed E-state index contributed by atoms with van der Waals surface area (Å²) in [5, 5.41) is 4.02. The van der Waals surface area contributed by atoms with Gasteiger partial charge < -0.3 is 10.5 Å². The van der Waals surface area contributed by atoms with Gasteiger partial charge in [0.2, 0.25) is 0 Å². The summed E-state index contributed by atoms with van der Waals surface area (Å²) in [5.74, 6) is -0.967. The highest BCUT2D eigenvalue weighted by Gasteiger charge is 2.15. The molecule has 0 atom stereocenters. The van der Waals surface area contributed by atoms with Crippen molar-refractivity contribution >= 4 is 11.7 Å². The second kappa shape index (κ2) is 5.68. The van der Waals surface area contributed by atoms with Crippen LogP contribution in [0, 0.1) is 5.82 Å². The lowest BCUT2D eigenvalue weighted by molar-refractivity contribution is 0.0450. The molecule has 0 aliphatic rings. The molecule has 0 aliphatic carbocycles. The molecule has 1 aromatic heterocycles. The molecule has 1 heterocycles. The highest BCUT2D eigenvalue weighted by Crippen LogP contribution is 2.14. The van der Waals surface area contributed by atoms with Crippen molar-refractivity contribution in [2.24, 2.45) is 0 Å². The summed E-state index contributed by atoms with van der Waals surface area (Å²) in [6.07, 6.45) is 1.38. The molecule has 0 spiro atoms. The van der Waals surface area contributed by atoms with Crippen molar-refractivity contribution in [3.63, 3.8) is 0 Å². The van der Waals surface area contributed by atoms with Gasteiger partial charge in [0.15, 0.2) is 12.4 Å². The maximum atomic E-state index is 13.6. The van der Waals surface area contributed by atoms with Gasteiger partial charge in [0.05, 0.1) is 5.56 Å². The predicted molar refractivity (Wildman–Crippen MR) is 70.3 cm³/mol. The Morgan fingerprint density at radius 1 is 1.50 bits per heavy atom. The van der Waals surface area contributed by atoms with Crippen molar-refractivity contribution in [2.45, 2.75) is 26.5 Å². The van der Waals surface area contributed by atoms with Crippen LogP contribution in [0.15, 0.2) is 24.5 Å². The van der Waals surface area contributed by atoms with Crippen LogP contribution < -0.4 is 5.73 Å². The van der Waals surface area contributed by atoms with Gasteiger partial charge in [-0.2, -0.15) is 5.10 Å². The number of hydrogen-bond donors (Lipinski definition) is 1. The molecule has 106 valence electrons. The van der Waals surface area contributed by atoms with Crippen molar-refractivity contribution in [3.05, 3.63) is 41.7 Å². The van der Waals surface area contributed by atoms with E-state index in [-0.39, 0.29) is 23.9 Å². The van der Waals surface area contributed by atoms with Crippen LogP contribution in [0.25, 0.3) is 0 Å². The minimum absolute atomic E-state index is 0.0686. The number of halogens is 1. The molecule has 0 bridgehead atoms. The number of hydrogen-bond acceptors (Lipinski definition) is 5. The lowest BCUT2D eigenvalue weighted by Crippen LogP contribution is -2.13. The van der Waals surface area contributed by atoms with Crippen LogP contribution in [0.5, 0.6) is 0 Å². The number of nitrogens with two attached hydrogens (primary N) is 1. The molecular formula is C13H15FN4O2. The first-order valence-electron chi connectivity index (χ1n) is 6.09. The number of rotatable bonds is 4. The summed E-state index contributed by atoms with van der Waals surface area (Å²) in [5.41, 5.74) is 5.51. The van der Waals surface area contributed by atoms with E-state index in [4.69, 9.17) is 10.5 Å². The standard InChI is InChI=1S/C13H15FN4O2/c1-8(2)18-12(16-7-17-18)6-20-13(19)10-4-3-9(15)5-11(10)14/h3-5,7-8H,6,15H2,1-2H3. The zero-order valence-corrected chi connectivity index (χ0v) is 11.2. The smallest absolute Gasteiger partial charge is 0.341 e. The van der Waals surface area contributed by atoms with E-state index in [2.05, 4.69) is 10.1 Å².